The summed E-state index contributed by atoms with van der Waals surface area (Å²) in [6, 6.07) is 0. The molecule has 0 aliphatic rings. The summed E-state index contributed by atoms with van der Waals surface area (Å²) in [4.78, 5) is 22.2. The fraction of sp³-hybridized carbons (Fsp3) is 0.692. The molecule has 0 saturated carbocycles. The summed E-state index contributed by atoms with van der Waals surface area (Å²) in [5.41, 5.74) is 0.335. The van der Waals surface area contributed by atoms with Gasteiger partial charge in [0.25, 0.3) is 0 Å². The number of esters is 2. The highest BCUT2D eigenvalue weighted by molar-refractivity contribution is 5.86. The Morgan fingerprint density at radius 3 is 2.44 bits per heavy atom. The van der Waals surface area contributed by atoms with Crippen molar-refractivity contribution in [1.82, 2.24) is 5.32 Å². The van der Waals surface area contributed by atoms with E-state index in [1.807, 2.05) is 0 Å². The van der Waals surface area contributed by atoms with Gasteiger partial charge >= 0.3 is 11.9 Å². The lowest BCUT2D eigenvalue weighted by molar-refractivity contribution is -0.150. The number of carbonyl (C=O) groups is 2. The molecule has 0 rings (SSSR count). The second kappa shape index (κ2) is 10.8. The number of unbranched alkanes of at least 4 members (excludes halogenated alkanes) is 1. The molecule has 0 amide bonds. The predicted molar refractivity (Wildman–Crippen MR) is 69.1 cm³/mol. The Labute approximate surface area is 109 Å². The Kier molecular flexibility index (Phi) is 9.96. The fourth-order valence-electron chi connectivity index (χ4n) is 1.10. The van der Waals surface area contributed by atoms with Crippen LogP contribution >= 0.6 is 0 Å². The molecule has 0 aromatic heterocycles. The second-order valence-corrected chi connectivity index (χ2v) is 3.99. The molecule has 0 fully saturated rings. The number of hydrogen-bond acceptors (Lipinski definition) is 5. The summed E-state index contributed by atoms with van der Waals surface area (Å²) in [7, 11) is 0. The van der Waals surface area contributed by atoms with Crippen LogP contribution in [0.15, 0.2) is 12.2 Å². The first-order valence-corrected chi connectivity index (χ1v) is 6.27. The Morgan fingerprint density at radius 1 is 1.17 bits per heavy atom. The van der Waals surface area contributed by atoms with Gasteiger partial charge in [-0.25, -0.2) is 4.79 Å². The van der Waals surface area contributed by atoms with E-state index in [1.165, 1.54) is 0 Å². The van der Waals surface area contributed by atoms with E-state index in [4.69, 9.17) is 9.47 Å². The summed E-state index contributed by atoms with van der Waals surface area (Å²) in [6.45, 7) is 8.81. The van der Waals surface area contributed by atoms with Crippen molar-refractivity contribution < 1.29 is 19.1 Å². The molecular formula is C13H23NO4. The van der Waals surface area contributed by atoms with Crippen molar-refractivity contribution in [3.8, 4) is 0 Å². The Bertz CT molecular complexity index is 276. The van der Waals surface area contributed by atoms with Gasteiger partial charge in [-0.2, -0.15) is 0 Å². The van der Waals surface area contributed by atoms with Crippen LogP contribution in [0.5, 0.6) is 0 Å². The van der Waals surface area contributed by atoms with Crippen molar-refractivity contribution in [2.75, 3.05) is 26.3 Å². The van der Waals surface area contributed by atoms with Crippen molar-refractivity contribution >= 4 is 11.9 Å². The summed E-state index contributed by atoms with van der Waals surface area (Å²) < 4.78 is 9.67. The zero-order chi connectivity index (χ0) is 13.8. The minimum atomic E-state index is -0.465. The lowest BCUT2D eigenvalue weighted by atomic mass is 10.3. The molecule has 0 heterocycles. The number of rotatable bonds is 10. The smallest absolute Gasteiger partial charge is 0.333 e. The highest BCUT2D eigenvalue weighted by Gasteiger charge is 2.05. The molecule has 5 nitrogen and oxygen atoms in total. The van der Waals surface area contributed by atoms with Crippen LogP contribution in [-0.4, -0.2) is 38.2 Å². The largest absolute Gasteiger partial charge is 0.462 e. The van der Waals surface area contributed by atoms with E-state index in [-0.39, 0.29) is 19.2 Å². The molecule has 0 aromatic rings. The molecular weight excluding hydrogens is 234 g/mol. The van der Waals surface area contributed by atoms with Gasteiger partial charge in [0, 0.05) is 12.1 Å². The van der Waals surface area contributed by atoms with E-state index in [0.29, 0.717) is 18.5 Å². The van der Waals surface area contributed by atoms with Gasteiger partial charge in [0.1, 0.15) is 13.2 Å². The van der Waals surface area contributed by atoms with Gasteiger partial charge in [-0.15, -0.1) is 0 Å². The zero-order valence-electron chi connectivity index (χ0n) is 11.3. The van der Waals surface area contributed by atoms with Crippen LogP contribution in [0.3, 0.4) is 0 Å². The minimum absolute atomic E-state index is 0.0701. The summed E-state index contributed by atoms with van der Waals surface area (Å²) >= 11 is 0. The van der Waals surface area contributed by atoms with Crippen LogP contribution in [0.1, 0.15) is 33.1 Å². The quantitative estimate of drug-likeness (QED) is 0.364. The number of carbonyl (C=O) groups excluding carboxylic acids is 2. The maximum atomic E-state index is 11.2. The molecule has 0 saturated heterocycles. The van der Waals surface area contributed by atoms with Crippen molar-refractivity contribution in [3.63, 3.8) is 0 Å². The van der Waals surface area contributed by atoms with E-state index < -0.39 is 5.97 Å². The molecule has 0 atom stereocenters. The van der Waals surface area contributed by atoms with Gasteiger partial charge in [-0.1, -0.05) is 19.9 Å². The Balaban J connectivity index is 3.37. The maximum absolute atomic E-state index is 11.2. The third-order valence-electron chi connectivity index (χ3n) is 2.14. The maximum Gasteiger partial charge on any atom is 0.333 e. The molecule has 0 aliphatic heterocycles. The molecule has 0 aliphatic carbocycles. The van der Waals surface area contributed by atoms with E-state index >= 15 is 0 Å². The third-order valence-corrected chi connectivity index (χ3v) is 2.14. The van der Waals surface area contributed by atoms with Crippen LogP contribution in [0.4, 0.5) is 0 Å². The predicted octanol–water partition coefficient (Wildman–Crippen LogP) is 1.43. The first kappa shape index (κ1) is 16.6. The molecule has 0 bridgehead atoms. The SMILES string of the molecule is C=C(C)C(=O)OCCOC(=O)CCNCCCC. The van der Waals surface area contributed by atoms with Gasteiger partial charge in [-0.05, 0) is 19.9 Å². The molecule has 104 valence electrons. The van der Waals surface area contributed by atoms with Crippen LogP contribution < -0.4 is 5.32 Å². The van der Waals surface area contributed by atoms with Crippen LogP contribution in [0, 0.1) is 0 Å². The van der Waals surface area contributed by atoms with Crippen molar-refractivity contribution in [1.29, 1.82) is 0 Å². The molecule has 0 aromatic carbocycles. The molecule has 0 radical (unpaired) electrons. The van der Waals surface area contributed by atoms with Gasteiger partial charge in [0.05, 0.1) is 6.42 Å². The standard InChI is InChI=1S/C13H23NO4/c1-4-5-7-14-8-6-12(15)17-9-10-18-13(16)11(2)3/h14H,2,4-10H2,1,3H3. The van der Waals surface area contributed by atoms with Gasteiger partial charge in [0.15, 0.2) is 0 Å². The molecule has 1 N–H and O–H groups in total. The normalized spacial score (nSPS) is 9.89. The number of ether oxygens (including phenoxy) is 2. The highest BCUT2D eigenvalue weighted by Crippen LogP contribution is 1.92. The summed E-state index contributed by atoms with van der Waals surface area (Å²) in [6.07, 6.45) is 2.57. The van der Waals surface area contributed by atoms with Gasteiger partial charge in [-0.3, -0.25) is 4.79 Å². The molecule has 0 spiro atoms. The van der Waals surface area contributed by atoms with E-state index in [2.05, 4.69) is 18.8 Å². The van der Waals surface area contributed by atoms with Gasteiger partial charge in [0.2, 0.25) is 0 Å². The lowest BCUT2D eigenvalue weighted by Gasteiger charge is -2.06. The Hall–Kier alpha value is -1.36. The van der Waals surface area contributed by atoms with Crippen molar-refractivity contribution in [2.24, 2.45) is 0 Å². The van der Waals surface area contributed by atoms with Crippen LogP contribution in [-0.2, 0) is 19.1 Å². The van der Waals surface area contributed by atoms with Crippen molar-refractivity contribution in [3.05, 3.63) is 12.2 Å². The summed E-state index contributed by atoms with van der Waals surface area (Å²) in [5, 5.41) is 3.14. The topological polar surface area (TPSA) is 64.6 Å². The van der Waals surface area contributed by atoms with Crippen LogP contribution in [0.2, 0.25) is 0 Å². The minimum Gasteiger partial charge on any atom is -0.462 e. The first-order valence-electron chi connectivity index (χ1n) is 6.27. The second-order valence-electron chi connectivity index (χ2n) is 3.99. The fourth-order valence-corrected chi connectivity index (χ4v) is 1.10. The average Bonchev–Trinajstić information content (AvgIpc) is 2.34. The Morgan fingerprint density at radius 2 is 1.83 bits per heavy atom. The highest BCUT2D eigenvalue weighted by atomic mass is 16.6. The molecule has 0 unspecified atom stereocenters. The van der Waals surface area contributed by atoms with Gasteiger partial charge < -0.3 is 14.8 Å². The molecule has 18 heavy (non-hydrogen) atoms. The monoisotopic (exact) mass is 257 g/mol. The number of hydrogen-bond donors (Lipinski definition) is 1. The molecule has 5 heteroatoms. The van der Waals surface area contributed by atoms with E-state index in [1.54, 1.807) is 6.92 Å². The van der Waals surface area contributed by atoms with Crippen LogP contribution in [0.25, 0.3) is 0 Å². The number of nitrogens with one attached hydrogen (secondary N) is 1. The third kappa shape index (κ3) is 9.84. The van der Waals surface area contributed by atoms with E-state index in [9.17, 15) is 9.59 Å². The van der Waals surface area contributed by atoms with E-state index in [0.717, 1.165) is 19.4 Å². The first-order chi connectivity index (χ1) is 8.57. The zero-order valence-corrected chi connectivity index (χ0v) is 11.3. The average molecular weight is 257 g/mol. The van der Waals surface area contributed by atoms with Crippen molar-refractivity contribution in [2.45, 2.75) is 33.1 Å². The lowest BCUT2D eigenvalue weighted by Crippen LogP contribution is -2.21. The summed E-state index contributed by atoms with van der Waals surface area (Å²) in [5.74, 6) is -0.752.